The fraction of sp³-hybridized carbons (Fsp3) is 0.467. The van der Waals surface area contributed by atoms with E-state index in [1.54, 1.807) is 12.1 Å². The van der Waals surface area contributed by atoms with Crippen LogP contribution < -0.4 is 10.9 Å². The molecule has 3 N–H and O–H groups in total. The number of carboxylic acids is 1. The van der Waals surface area contributed by atoms with Crippen molar-refractivity contribution < 1.29 is 37.7 Å². The van der Waals surface area contributed by atoms with Crippen molar-refractivity contribution >= 4 is 22.6 Å². The van der Waals surface area contributed by atoms with Crippen LogP contribution in [-0.2, 0) is 35.5 Å². The van der Waals surface area contributed by atoms with Crippen LogP contribution in [0.1, 0.15) is 46.9 Å². The molecule has 2 bridgehead atoms. The van der Waals surface area contributed by atoms with Gasteiger partial charge in [0.15, 0.2) is 0 Å². The second kappa shape index (κ2) is 12.4. The Kier molecular flexibility index (Phi) is 8.86. The Morgan fingerprint density at radius 1 is 1.09 bits per heavy atom. The summed E-state index contributed by atoms with van der Waals surface area (Å²) in [5, 5.41) is 27.4. The smallest absolute Gasteiger partial charge is 0.475 e. The number of fused-ring (bicyclic) bond motifs is 4. The second-order valence-corrected chi connectivity index (χ2v) is 11.0. The molecule has 0 aliphatic carbocycles. The number of halogens is 3. The SMILES string of the molecule is CCc1nn(C[C@@H](O)[C@@H]2Cc3ccccc3CN2)c(=O)c2ccc(C(=O)N3C4CCC3COC4)cc12.O=C(O)C(F)(F)F. The quantitative estimate of drug-likeness (QED) is 0.406. The molecule has 1 amide bonds. The largest absolute Gasteiger partial charge is 0.490 e. The van der Waals surface area contributed by atoms with Gasteiger partial charge in [0, 0.05) is 23.5 Å². The van der Waals surface area contributed by atoms with Gasteiger partial charge in [-0.3, -0.25) is 9.59 Å². The van der Waals surface area contributed by atoms with Crippen molar-refractivity contribution in [2.24, 2.45) is 0 Å². The number of nitrogens with zero attached hydrogens (tertiary/aromatic N) is 3. The summed E-state index contributed by atoms with van der Waals surface area (Å²) < 4.78 is 38.8. The lowest BCUT2D eigenvalue weighted by Gasteiger charge is -2.34. The summed E-state index contributed by atoms with van der Waals surface area (Å²) in [6.45, 7) is 3.97. The highest BCUT2D eigenvalue weighted by molar-refractivity contribution is 5.99. The van der Waals surface area contributed by atoms with E-state index in [4.69, 9.17) is 14.6 Å². The van der Waals surface area contributed by atoms with Crippen LogP contribution in [0.25, 0.3) is 10.8 Å². The Hall–Kier alpha value is -3.81. The molecule has 3 aliphatic heterocycles. The molecule has 0 radical (unpaired) electrons. The maximum Gasteiger partial charge on any atom is 0.490 e. The van der Waals surface area contributed by atoms with Gasteiger partial charge in [-0.15, -0.1) is 0 Å². The van der Waals surface area contributed by atoms with E-state index in [0.717, 1.165) is 18.5 Å². The summed E-state index contributed by atoms with van der Waals surface area (Å²) in [5.74, 6) is -2.76. The van der Waals surface area contributed by atoms with Crippen molar-refractivity contribution in [2.75, 3.05) is 13.2 Å². The van der Waals surface area contributed by atoms with Gasteiger partial charge in [-0.25, -0.2) is 9.48 Å². The van der Waals surface area contributed by atoms with Crippen LogP contribution in [0.3, 0.4) is 0 Å². The number of carboxylic acid groups (broad SMARTS) is 1. The first-order chi connectivity index (χ1) is 20.5. The van der Waals surface area contributed by atoms with E-state index in [-0.39, 0.29) is 36.1 Å². The number of benzene rings is 2. The Labute approximate surface area is 245 Å². The average molecular weight is 603 g/mol. The summed E-state index contributed by atoms with van der Waals surface area (Å²) in [6.07, 6.45) is -2.58. The number of aliphatic hydroxyl groups is 1. The molecule has 3 aliphatic rings. The molecule has 2 fully saturated rings. The zero-order chi connectivity index (χ0) is 30.9. The molecule has 2 unspecified atom stereocenters. The lowest BCUT2D eigenvalue weighted by atomic mass is 9.93. The highest BCUT2D eigenvalue weighted by atomic mass is 19.4. The number of aromatic nitrogens is 2. The Bertz CT molecular complexity index is 1560. The van der Waals surface area contributed by atoms with Crippen molar-refractivity contribution in [1.82, 2.24) is 20.0 Å². The number of hydrogen-bond donors (Lipinski definition) is 3. The van der Waals surface area contributed by atoms with E-state index < -0.39 is 18.2 Å². The second-order valence-electron chi connectivity index (χ2n) is 11.0. The zero-order valence-electron chi connectivity index (χ0n) is 23.5. The number of aliphatic hydroxyl groups excluding tert-OH is 1. The predicted octanol–water partition coefficient (Wildman–Crippen LogP) is 2.67. The third-order valence-corrected chi connectivity index (χ3v) is 8.27. The van der Waals surface area contributed by atoms with E-state index in [1.807, 2.05) is 30.0 Å². The number of aliphatic carboxylic acids is 1. The van der Waals surface area contributed by atoms with Crippen molar-refractivity contribution in [1.29, 1.82) is 0 Å². The van der Waals surface area contributed by atoms with Crippen LogP contribution in [0.15, 0.2) is 47.3 Å². The molecule has 2 aromatic carbocycles. The molecule has 4 heterocycles. The molecule has 43 heavy (non-hydrogen) atoms. The third kappa shape index (κ3) is 6.43. The molecule has 10 nitrogen and oxygen atoms in total. The lowest BCUT2D eigenvalue weighted by Crippen LogP contribution is -2.49. The van der Waals surface area contributed by atoms with Crippen LogP contribution in [-0.4, -0.2) is 80.4 Å². The van der Waals surface area contributed by atoms with Gasteiger partial charge < -0.3 is 25.2 Å². The number of ether oxygens (including phenoxy) is 1. The standard InChI is InChI=1S/C28H32N4O4.C2HF3O2/c1-2-24-23-11-18(27(34)32-20-8-9-21(32)16-36-15-20)7-10-22(23)28(35)31(30-24)14-26(33)25-12-17-5-3-4-6-19(17)13-29-25;3-2(4,5)1(6)7/h3-7,10-11,20-21,25-26,29,33H,2,8-9,12-16H2,1H3;(H,6,7)/t20?,21?,25-,26+;/m0./s1. The van der Waals surface area contributed by atoms with Gasteiger partial charge in [0.05, 0.1) is 49.0 Å². The minimum Gasteiger partial charge on any atom is -0.475 e. The minimum atomic E-state index is -5.08. The maximum atomic E-state index is 13.4. The highest BCUT2D eigenvalue weighted by Crippen LogP contribution is 2.31. The van der Waals surface area contributed by atoms with Gasteiger partial charge in [-0.2, -0.15) is 18.3 Å². The average Bonchev–Trinajstić information content (AvgIpc) is 3.24. The molecular weight excluding hydrogens is 569 g/mol. The Morgan fingerprint density at radius 3 is 2.37 bits per heavy atom. The number of hydrogen-bond acceptors (Lipinski definition) is 7. The Balaban J connectivity index is 0.000000472. The molecule has 13 heteroatoms. The van der Waals surface area contributed by atoms with Crippen molar-refractivity contribution in [2.45, 2.75) is 76.1 Å². The first-order valence-corrected chi connectivity index (χ1v) is 14.2. The maximum absolute atomic E-state index is 13.4. The predicted molar refractivity (Wildman–Crippen MR) is 150 cm³/mol. The van der Waals surface area contributed by atoms with Crippen LogP contribution in [0.4, 0.5) is 13.2 Å². The molecule has 0 spiro atoms. The topological polar surface area (TPSA) is 134 Å². The summed E-state index contributed by atoms with van der Waals surface area (Å²) in [5.41, 5.74) is 3.55. The number of amides is 1. The monoisotopic (exact) mass is 602 g/mol. The molecular formula is C30H33F3N4O6. The summed E-state index contributed by atoms with van der Waals surface area (Å²) >= 11 is 0. The van der Waals surface area contributed by atoms with Crippen molar-refractivity contribution in [3.63, 3.8) is 0 Å². The zero-order valence-corrected chi connectivity index (χ0v) is 23.5. The van der Waals surface area contributed by atoms with Gasteiger partial charge in [0.2, 0.25) is 0 Å². The first-order valence-electron chi connectivity index (χ1n) is 14.2. The van der Waals surface area contributed by atoms with E-state index >= 15 is 0 Å². The summed E-state index contributed by atoms with van der Waals surface area (Å²) in [4.78, 5) is 37.6. The summed E-state index contributed by atoms with van der Waals surface area (Å²) in [7, 11) is 0. The minimum absolute atomic E-state index is 0.00184. The number of morpholine rings is 1. The number of carbonyl (C=O) groups excluding carboxylic acids is 1. The van der Waals surface area contributed by atoms with Gasteiger partial charge in [0.1, 0.15) is 0 Å². The molecule has 6 rings (SSSR count). The van der Waals surface area contributed by atoms with Crippen LogP contribution >= 0.6 is 0 Å². The van der Waals surface area contributed by atoms with E-state index in [0.29, 0.717) is 48.9 Å². The van der Waals surface area contributed by atoms with Crippen LogP contribution in [0, 0.1) is 0 Å². The van der Waals surface area contributed by atoms with Crippen molar-refractivity contribution in [3.8, 4) is 0 Å². The lowest BCUT2D eigenvalue weighted by molar-refractivity contribution is -0.192. The van der Waals surface area contributed by atoms with Gasteiger partial charge in [-0.1, -0.05) is 31.2 Å². The van der Waals surface area contributed by atoms with Gasteiger partial charge in [-0.05, 0) is 55.0 Å². The first kappa shape index (κ1) is 30.6. The molecule has 4 atom stereocenters. The number of nitrogens with one attached hydrogen (secondary N) is 1. The molecule has 1 aromatic heterocycles. The number of carbonyl (C=O) groups is 2. The molecule has 3 aromatic rings. The fourth-order valence-corrected chi connectivity index (χ4v) is 6.04. The van der Waals surface area contributed by atoms with E-state index in [9.17, 15) is 27.9 Å². The van der Waals surface area contributed by atoms with Crippen LogP contribution in [0.5, 0.6) is 0 Å². The molecule has 2 saturated heterocycles. The van der Waals surface area contributed by atoms with Crippen LogP contribution in [0.2, 0.25) is 0 Å². The molecule has 0 saturated carbocycles. The normalized spacial score (nSPS) is 22.0. The van der Waals surface area contributed by atoms with Crippen molar-refractivity contribution in [3.05, 3.63) is 75.2 Å². The fourth-order valence-electron chi connectivity index (χ4n) is 6.04. The number of aryl methyl sites for hydroxylation is 1. The number of alkyl halides is 3. The Morgan fingerprint density at radius 2 is 1.74 bits per heavy atom. The van der Waals surface area contributed by atoms with E-state index in [2.05, 4.69) is 22.5 Å². The van der Waals surface area contributed by atoms with Gasteiger partial charge >= 0.3 is 12.1 Å². The summed E-state index contributed by atoms with van der Waals surface area (Å²) in [6, 6.07) is 13.6. The number of rotatable bonds is 5. The van der Waals surface area contributed by atoms with Gasteiger partial charge in [0.25, 0.3) is 11.5 Å². The van der Waals surface area contributed by atoms with E-state index in [1.165, 1.54) is 15.8 Å². The highest BCUT2D eigenvalue weighted by Gasteiger charge is 2.41. The molecule has 230 valence electrons. The third-order valence-electron chi connectivity index (χ3n) is 8.27.